The van der Waals surface area contributed by atoms with Crippen LogP contribution in [0.5, 0.6) is 0 Å². The van der Waals surface area contributed by atoms with Crippen LogP contribution in [0.3, 0.4) is 0 Å². The molecule has 1 aromatic carbocycles. The summed E-state index contributed by atoms with van der Waals surface area (Å²) in [5.74, 6) is -0.157. The number of hydrogen-bond donors (Lipinski definition) is 1. The first kappa shape index (κ1) is 12.0. The molecule has 90 valence electrons. The molecule has 0 fully saturated rings. The Kier molecular flexibility index (Phi) is 3.86. The summed E-state index contributed by atoms with van der Waals surface area (Å²) in [5, 5.41) is 2.79. The zero-order chi connectivity index (χ0) is 12.8. The maximum absolute atomic E-state index is 11.7. The van der Waals surface area contributed by atoms with Gasteiger partial charge in [0.05, 0.1) is 11.4 Å². The van der Waals surface area contributed by atoms with Crippen LogP contribution >= 0.6 is 0 Å². The highest BCUT2D eigenvalue weighted by Crippen LogP contribution is 2.10. The minimum atomic E-state index is -0.157. The summed E-state index contributed by atoms with van der Waals surface area (Å²) >= 11 is 0. The van der Waals surface area contributed by atoms with E-state index in [0.29, 0.717) is 0 Å². The van der Waals surface area contributed by atoms with E-state index in [1.807, 2.05) is 43.3 Å². The van der Waals surface area contributed by atoms with Crippen LogP contribution in [0.2, 0.25) is 0 Å². The van der Waals surface area contributed by atoms with Crippen LogP contribution in [0, 0.1) is 6.92 Å². The summed E-state index contributed by atoms with van der Waals surface area (Å²) in [4.78, 5) is 15.8. The zero-order valence-electron chi connectivity index (χ0n) is 10.1. The molecule has 3 heteroatoms. The first-order valence-electron chi connectivity index (χ1n) is 5.71. The Morgan fingerprint density at radius 1 is 1.17 bits per heavy atom. The van der Waals surface area contributed by atoms with Gasteiger partial charge in [-0.3, -0.25) is 9.78 Å². The van der Waals surface area contributed by atoms with Gasteiger partial charge in [-0.05, 0) is 30.7 Å². The van der Waals surface area contributed by atoms with Gasteiger partial charge in [0.25, 0.3) is 0 Å². The van der Waals surface area contributed by atoms with E-state index >= 15 is 0 Å². The molecule has 18 heavy (non-hydrogen) atoms. The van der Waals surface area contributed by atoms with Crippen molar-refractivity contribution in [3.63, 3.8) is 0 Å². The number of amides is 1. The number of nitrogens with zero attached hydrogens (tertiary/aromatic N) is 1. The van der Waals surface area contributed by atoms with Gasteiger partial charge >= 0.3 is 0 Å². The summed E-state index contributed by atoms with van der Waals surface area (Å²) in [6.45, 7) is 1.86. The summed E-state index contributed by atoms with van der Waals surface area (Å²) in [6.07, 6.45) is 4.99. The highest BCUT2D eigenvalue weighted by atomic mass is 16.1. The third-order valence-electron chi connectivity index (χ3n) is 2.49. The SMILES string of the molecule is Cc1ncccc1NC(=O)/C=C/c1ccccc1. The van der Waals surface area contributed by atoms with Gasteiger partial charge in [0.2, 0.25) is 5.91 Å². The van der Waals surface area contributed by atoms with Crippen LogP contribution < -0.4 is 5.32 Å². The molecule has 0 aliphatic carbocycles. The second kappa shape index (κ2) is 5.77. The van der Waals surface area contributed by atoms with Crippen LogP contribution in [0.4, 0.5) is 5.69 Å². The van der Waals surface area contributed by atoms with Crippen LogP contribution in [0.25, 0.3) is 6.08 Å². The molecule has 0 atom stereocenters. The number of hydrogen-bond acceptors (Lipinski definition) is 2. The van der Waals surface area contributed by atoms with Gasteiger partial charge < -0.3 is 5.32 Å². The van der Waals surface area contributed by atoms with Gasteiger partial charge in [0.15, 0.2) is 0 Å². The van der Waals surface area contributed by atoms with Crippen molar-refractivity contribution in [2.45, 2.75) is 6.92 Å². The van der Waals surface area contributed by atoms with Gasteiger partial charge in [-0.15, -0.1) is 0 Å². The summed E-state index contributed by atoms with van der Waals surface area (Å²) in [6, 6.07) is 13.3. The molecule has 0 aliphatic rings. The van der Waals surface area contributed by atoms with Gasteiger partial charge in [-0.1, -0.05) is 30.3 Å². The predicted octanol–water partition coefficient (Wildman–Crippen LogP) is 3.04. The number of nitrogens with one attached hydrogen (secondary N) is 1. The zero-order valence-corrected chi connectivity index (χ0v) is 10.1. The molecular formula is C15H14N2O. The normalized spacial score (nSPS) is 10.5. The molecule has 0 bridgehead atoms. The molecule has 0 spiro atoms. The minimum Gasteiger partial charge on any atom is -0.321 e. The standard InChI is InChI=1S/C15H14N2O/c1-12-14(8-5-11-16-12)17-15(18)10-9-13-6-3-2-4-7-13/h2-11H,1H3,(H,17,18)/b10-9+. The Morgan fingerprint density at radius 3 is 2.67 bits per heavy atom. The quantitative estimate of drug-likeness (QED) is 0.835. The van der Waals surface area contributed by atoms with Crippen molar-refractivity contribution in [2.75, 3.05) is 5.32 Å². The highest BCUT2D eigenvalue weighted by Gasteiger charge is 2.00. The molecule has 1 aromatic heterocycles. The smallest absolute Gasteiger partial charge is 0.248 e. The Morgan fingerprint density at radius 2 is 1.94 bits per heavy atom. The van der Waals surface area contributed by atoms with Crippen LogP contribution in [-0.4, -0.2) is 10.9 Å². The molecule has 0 saturated carbocycles. The third-order valence-corrected chi connectivity index (χ3v) is 2.49. The largest absolute Gasteiger partial charge is 0.321 e. The highest BCUT2D eigenvalue weighted by molar-refractivity contribution is 6.02. The van der Waals surface area contributed by atoms with E-state index in [9.17, 15) is 4.79 Å². The number of aromatic nitrogens is 1. The number of rotatable bonds is 3. The molecule has 0 unspecified atom stereocenters. The fraction of sp³-hybridized carbons (Fsp3) is 0.0667. The lowest BCUT2D eigenvalue weighted by Crippen LogP contribution is -2.09. The van der Waals surface area contributed by atoms with Crippen molar-refractivity contribution in [1.29, 1.82) is 0 Å². The number of carbonyl (C=O) groups excluding carboxylic acids is 1. The molecule has 0 saturated heterocycles. The average molecular weight is 238 g/mol. The maximum atomic E-state index is 11.7. The molecule has 0 aliphatic heterocycles. The van der Waals surface area contributed by atoms with Crippen molar-refractivity contribution in [3.8, 4) is 0 Å². The lowest BCUT2D eigenvalue weighted by atomic mass is 10.2. The fourth-order valence-corrected chi connectivity index (χ4v) is 1.53. The molecule has 1 N–H and O–H groups in total. The van der Waals surface area contributed by atoms with E-state index in [4.69, 9.17) is 0 Å². The Hall–Kier alpha value is -2.42. The van der Waals surface area contributed by atoms with Gasteiger partial charge in [0, 0.05) is 12.3 Å². The molecular weight excluding hydrogens is 224 g/mol. The first-order chi connectivity index (χ1) is 8.75. The second-order valence-electron chi connectivity index (χ2n) is 3.87. The number of benzene rings is 1. The Bertz CT molecular complexity index is 562. The van der Waals surface area contributed by atoms with Crippen molar-refractivity contribution >= 4 is 17.7 Å². The van der Waals surface area contributed by atoms with E-state index in [1.165, 1.54) is 6.08 Å². The summed E-state index contributed by atoms with van der Waals surface area (Å²) < 4.78 is 0. The molecule has 1 heterocycles. The maximum Gasteiger partial charge on any atom is 0.248 e. The topological polar surface area (TPSA) is 42.0 Å². The predicted molar refractivity (Wildman–Crippen MR) is 73.1 cm³/mol. The number of anilines is 1. The van der Waals surface area contributed by atoms with Crippen LogP contribution in [0.1, 0.15) is 11.3 Å². The van der Waals surface area contributed by atoms with Crippen molar-refractivity contribution in [1.82, 2.24) is 4.98 Å². The average Bonchev–Trinajstić information content (AvgIpc) is 2.40. The Balaban J connectivity index is 2.02. The lowest BCUT2D eigenvalue weighted by Gasteiger charge is -2.04. The van der Waals surface area contributed by atoms with Crippen LogP contribution in [0.15, 0.2) is 54.7 Å². The minimum absolute atomic E-state index is 0.157. The molecule has 3 nitrogen and oxygen atoms in total. The second-order valence-corrected chi connectivity index (χ2v) is 3.87. The first-order valence-corrected chi connectivity index (χ1v) is 5.71. The molecule has 2 aromatic rings. The van der Waals surface area contributed by atoms with E-state index in [1.54, 1.807) is 18.3 Å². The van der Waals surface area contributed by atoms with Crippen molar-refractivity contribution < 1.29 is 4.79 Å². The summed E-state index contributed by atoms with van der Waals surface area (Å²) in [5.41, 5.74) is 2.54. The molecule has 0 radical (unpaired) electrons. The van der Waals surface area contributed by atoms with Crippen LogP contribution in [-0.2, 0) is 4.79 Å². The third kappa shape index (κ3) is 3.28. The number of pyridine rings is 1. The van der Waals surface area contributed by atoms with Crippen molar-refractivity contribution in [3.05, 3.63) is 66.0 Å². The lowest BCUT2D eigenvalue weighted by molar-refractivity contribution is -0.111. The van der Waals surface area contributed by atoms with E-state index < -0.39 is 0 Å². The summed E-state index contributed by atoms with van der Waals surface area (Å²) in [7, 11) is 0. The van der Waals surface area contributed by atoms with Gasteiger partial charge in [-0.25, -0.2) is 0 Å². The van der Waals surface area contributed by atoms with E-state index in [-0.39, 0.29) is 5.91 Å². The van der Waals surface area contributed by atoms with Gasteiger partial charge in [-0.2, -0.15) is 0 Å². The Labute approximate surface area is 106 Å². The number of aryl methyl sites for hydroxylation is 1. The van der Waals surface area contributed by atoms with E-state index in [2.05, 4.69) is 10.3 Å². The fourth-order valence-electron chi connectivity index (χ4n) is 1.53. The molecule has 1 amide bonds. The number of carbonyl (C=O) groups is 1. The monoisotopic (exact) mass is 238 g/mol. The van der Waals surface area contributed by atoms with Gasteiger partial charge in [0.1, 0.15) is 0 Å². The van der Waals surface area contributed by atoms with Crippen molar-refractivity contribution in [2.24, 2.45) is 0 Å². The molecule has 2 rings (SSSR count). The van der Waals surface area contributed by atoms with E-state index in [0.717, 1.165) is 16.9 Å².